The Labute approximate surface area is 172 Å². The van der Waals surface area contributed by atoms with E-state index in [1.165, 1.54) is 11.8 Å². The van der Waals surface area contributed by atoms with Crippen LogP contribution in [0.15, 0.2) is 53.5 Å². The molecule has 1 saturated heterocycles. The van der Waals surface area contributed by atoms with Crippen LogP contribution in [0.5, 0.6) is 5.75 Å². The number of halogens is 1. The monoisotopic (exact) mass is 417 g/mol. The number of aliphatic imine (C=N–C) groups is 1. The van der Waals surface area contributed by atoms with E-state index in [2.05, 4.69) is 10.3 Å². The summed E-state index contributed by atoms with van der Waals surface area (Å²) in [6, 6.07) is 14.2. The van der Waals surface area contributed by atoms with Crippen LogP contribution in [0.3, 0.4) is 0 Å². The summed E-state index contributed by atoms with van der Waals surface area (Å²) >= 11 is 7.30. The SMILES string of the molecule is CCN1C(=O)[C@@H](CC(=O)Nc2ccc(OC)cc2)SC1=Nc1cccc(Cl)c1. The number of amides is 2. The number of anilines is 1. The minimum Gasteiger partial charge on any atom is -0.497 e. The Morgan fingerprint density at radius 1 is 1.29 bits per heavy atom. The highest BCUT2D eigenvalue weighted by Gasteiger charge is 2.38. The van der Waals surface area contributed by atoms with Gasteiger partial charge >= 0.3 is 0 Å². The summed E-state index contributed by atoms with van der Waals surface area (Å²) in [6.07, 6.45) is 0.0700. The molecule has 0 radical (unpaired) electrons. The molecule has 8 heteroatoms. The number of amidine groups is 1. The number of hydrogen-bond donors (Lipinski definition) is 1. The minimum atomic E-state index is -0.504. The Kier molecular flexibility index (Phi) is 6.59. The molecule has 1 N–H and O–H groups in total. The van der Waals surface area contributed by atoms with Gasteiger partial charge in [-0.1, -0.05) is 29.4 Å². The van der Waals surface area contributed by atoms with Crippen LogP contribution in [0.1, 0.15) is 13.3 Å². The Morgan fingerprint density at radius 3 is 2.68 bits per heavy atom. The molecule has 1 atom stereocenters. The quantitative estimate of drug-likeness (QED) is 0.759. The summed E-state index contributed by atoms with van der Waals surface area (Å²) in [5.74, 6) is 0.370. The molecular formula is C20H20ClN3O3S. The number of nitrogens with one attached hydrogen (secondary N) is 1. The molecule has 0 aromatic heterocycles. The summed E-state index contributed by atoms with van der Waals surface area (Å²) in [5.41, 5.74) is 1.32. The summed E-state index contributed by atoms with van der Waals surface area (Å²) in [4.78, 5) is 31.2. The Morgan fingerprint density at radius 2 is 2.04 bits per heavy atom. The van der Waals surface area contributed by atoms with Gasteiger partial charge in [0.15, 0.2) is 5.17 Å². The third kappa shape index (κ3) is 4.85. The first-order chi connectivity index (χ1) is 13.5. The zero-order valence-electron chi connectivity index (χ0n) is 15.5. The predicted octanol–water partition coefficient (Wildman–Crippen LogP) is 4.33. The van der Waals surface area contributed by atoms with Gasteiger partial charge in [-0.25, -0.2) is 4.99 Å². The van der Waals surface area contributed by atoms with Gasteiger partial charge in [0.2, 0.25) is 11.8 Å². The molecule has 0 spiro atoms. The number of hydrogen-bond acceptors (Lipinski definition) is 5. The van der Waals surface area contributed by atoms with E-state index in [4.69, 9.17) is 16.3 Å². The van der Waals surface area contributed by atoms with Gasteiger partial charge in [0.05, 0.1) is 12.8 Å². The van der Waals surface area contributed by atoms with E-state index in [1.807, 2.05) is 13.0 Å². The zero-order chi connectivity index (χ0) is 20.1. The third-order valence-electron chi connectivity index (χ3n) is 4.11. The molecule has 6 nitrogen and oxygen atoms in total. The fourth-order valence-corrected chi connectivity index (χ4v) is 4.13. The van der Waals surface area contributed by atoms with E-state index in [0.29, 0.717) is 33.9 Å². The van der Waals surface area contributed by atoms with Crippen LogP contribution < -0.4 is 10.1 Å². The van der Waals surface area contributed by atoms with Crippen LogP contribution in [0.4, 0.5) is 11.4 Å². The minimum absolute atomic E-state index is 0.0700. The van der Waals surface area contributed by atoms with Crippen LogP contribution in [-0.4, -0.2) is 40.8 Å². The van der Waals surface area contributed by atoms with Crippen molar-refractivity contribution in [2.45, 2.75) is 18.6 Å². The normalized spacial score (nSPS) is 17.8. The maximum absolute atomic E-state index is 12.7. The van der Waals surface area contributed by atoms with Crippen LogP contribution in [-0.2, 0) is 9.59 Å². The molecule has 0 aliphatic carbocycles. The highest BCUT2D eigenvalue weighted by Crippen LogP contribution is 2.32. The van der Waals surface area contributed by atoms with Crippen molar-refractivity contribution in [3.63, 3.8) is 0 Å². The van der Waals surface area contributed by atoms with Gasteiger partial charge in [-0.3, -0.25) is 14.5 Å². The molecule has 2 amide bonds. The van der Waals surface area contributed by atoms with Crippen LogP contribution in [0, 0.1) is 0 Å². The van der Waals surface area contributed by atoms with Crippen molar-refractivity contribution in [2.75, 3.05) is 19.0 Å². The summed E-state index contributed by atoms with van der Waals surface area (Å²) < 4.78 is 5.10. The number of thioether (sulfide) groups is 1. The number of benzene rings is 2. The van der Waals surface area contributed by atoms with E-state index >= 15 is 0 Å². The second kappa shape index (κ2) is 9.12. The van der Waals surface area contributed by atoms with Crippen molar-refractivity contribution < 1.29 is 14.3 Å². The van der Waals surface area contributed by atoms with Gasteiger partial charge < -0.3 is 10.1 Å². The maximum Gasteiger partial charge on any atom is 0.242 e. The number of rotatable bonds is 6. The highest BCUT2D eigenvalue weighted by molar-refractivity contribution is 8.15. The van der Waals surface area contributed by atoms with Gasteiger partial charge in [0.1, 0.15) is 11.0 Å². The smallest absolute Gasteiger partial charge is 0.242 e. The molecule has 0 unspecified atom stereocenters. The topological polar surface area (TPSA) is 71.0 Å². The Balaban J connectivity index is 1.68. The second-order valence-corrected chi connectivity index (χ2v) is 7.65. The lowest BCUT2D eigenvalue weighted by molar-refractivity contribution is -0.128. The highest BCUT2D eigenvalue weighted by atomic mass is 35.5. The fraction of sp³-hybridized carbons (Fsp3) is 0.250. The van der Waals surface area contributed by atoms with Gasteiger partial charge in [0, 0.05) is 23.7 Å². The fourth-order valence-electron chi connectivity index (χ4n) is 2.73. The van der Waals surface area contributed by atoms with Crippen LogP contribution >= 0.6 is 23.4 Å². The van der Waals surface area contributed by atoms with E-state index in [-0.39, 0.29) is 18.2 Å². The first kappa shape index (κ1) is 20.2. The third-order valence-corrected chi connectivity index (χ3v) is 5.52. The zero-order valence-corrected chi connectivity index (χ0v) is 17.1. The van der Waals surface area contributed by atoms with Crippen LogP contribution in [0.2, 0.25) is 5.02 Å². The Bertz CT molecular complexity index is 902. The summed E-state index contributed by atoms with van der Waals surface area (Å²) in [7, 11) is 1.58. The molecule has 0 bridgehead atoms. The van der Waals surface area contributed by atoms with Crippen molar-refractivity contribution in [2.24, 2.45) is 4.99 Å². The van der Waals surface area contributed by atoms with E-state index < -0.39 is 5.25 Å². The molecule has 146 valence electrons. The van der Waals surface area contributed by atoms with Crippen molar-refractivity contribution in [3.8, 4) is 5.75 Å². The van der Waals surface area contributed by atoms with E-state index in [9.17, 15) is 9.59 Å². The lowest BCUT2D eigenvalue weighted by Gasteiger charge is -2.13. The van der Waals surface area contributed by atoms with Crippen molar-refractivity contribution >= 4 is 51.7 Å². The number of methoxy groups -OCH3 is 1. The van der Waals surface area contributed by atoms with Gasteiger partial charge in [-0.05, 0) is 49.4 Å². The molecular weight excluding hydrogens is 398 g/mol. The first-order valence-electron chi connectivity index (χ1n) is 8.76. The first-order valence-corrected chi connectivity index (χ1v) is 10.0. The predicted molar refractivity (Wildman–Crippen MR) is 114 cm³/mol. The number of carbonyl (C=O) groups excluding carboxylic acids is 2. The summed E-state index contributed by atoms with van der Waals surface area (Å²) in [5, 5.41) is 3.46. The van der Waals surface area contributed by atoms with Crippen LogP contribution in [0.25, 0.3) is 0 Å². The summed E-state index contributed by atoms with van der Waals surface area (Å²) in [6.45, 7) is 2.37. The molecule has 2 aromatic rings. The molecule has 3 rings (SSSR count). The number of nitrogens with zero attached hydrogens (tertiary/aromatic N) is 2. The maximum atomic E-state index is 12.7. The Hall–Kier alpha value is -2.51. The van der Waals surface area contributed by atoms with Gasteiger partial charge in [0.25, 0.3) is 0 Å². The van der Waals surface area contributed by atoms with E-state index in [0.717, 1.165) is 0 Å². The largest absolute Gasteiger partial charge is 0.497 e. The van der Waals surface area contributed by atoms with Crippen molar-refractivity contribution in [1.29, 1.82) is 0 Å². The molecule has 28 heavy (non-hydrogen) atoms. The molecule has 1 heterocycles. The standard InChI is InChI=1S/C20H20ClN3O3S/c1-3-24-19(26)17(28-20(24)23-15-6-4-5-13(21)11-15)12-18(25)22-14-7-9-16(27-2)10-8-14/h4-11,17H,3,12H2,1-2H3,(H,22,25)/t17-/m1/s1. The average molecular weight is 418 g/mol. The van der Waals surface area contributed by atoms with Gasteiger partial charge in [-0.15, -0.1) is 0 Å². The second-order valence-electron chi connectivity index (χ2n) is 6.04. The molecule has 1 aliphatic heterocycles. The molecule has 2 aromatic carbocycles. The number of ether oxygens (including phenoxy) is 1. The number of carbonyl (C=O) groups is 2. The molecule has 1 fully saturated rings. The molecule has 0 saturated carbocycles. The van der Waals surface area contributed by atoms with Gasteiger partial charge in [-0.2, -0.15) is 0 Å². The lowest BCUT2D eigenvalue weighted by atomic mass is 10.2. The van der Waals surface area contributed by atoms with E-state index in [1.54, 1.807) is 54.5 Å². The van der Waals surface area contributed by atoms with Crippen molar-refractivity contribution in [1.82, 2.24) is 4.90 Å². The average Bonchev–Trinajstić information content (AvgIpc) is 2.96. The lowest BCUT2D eigenvalue weighted by Crippen LogP contribution is -2.33. The van der Waals surface area contributed by atoms with Crippen molar-refractivity contribution in [3.05, 3.63) is 53.6 Å². The molecule has 1 aliphatic rings.